The van der Waals surface area contributed by atoms with Crippen LogP contribution < -0.4 is 4.90 Å². The Morgan fingerprint density at radius 1 is 1.19 bits per heavy atom. The van der Waals surface area contributed by atoms with Gasteiger partial charge in [0, 0.05) is 18.9 Å². The molecule has 1 heterocycles. The normalized spacial score (nSPS) is 15.7. The molecule has 0 saturated heterocycles. The summed E-state index contributed by atoms with van der Waals surface area (Å²) in [6.45, 7) is 6.41. The highest BCUT2D eigenvalue weighted by Gasteiger charge is 2.27. The summed E-state index contributed by atoms with van der Waals surface area (Å²) in [5, 5.41) is 0. The van der Waals surface area contributed by atoms with Crippen LogP contribution in [0.15, 0.2) is 29.8 Å². The lowest BCUT2D eigenvalue weighted by Gasteiger charge is -2.13. The number of carbonyl (C=O) groups excluding carboxylic acids is 2. The van der Waals surface area contributed by atoms with E-state index in [-0.39, 0.29) is 11.9 Å². The molecule has 0 N–H and O–H groups in total. The second-order valence-corrected chi connectivity index (χ2v) is 5.19. The Morgan fingerprint density at radius 2 is 1.90 bits per heavy atom. The topological polar surface area (TPSA) is 46.6 Å². The molecule has 112 valence electrons. The first-order valence-corrected chi connectivity index (χ1v) is 7.26. The number of rotatable bonds is 4. The van der Waals surface area contributed by atoms with Crippen LogP contribution in [0.4, 0.5) is 5.69 Å². The van der Waals surface area contributed by atoms with Crippen LogP contribution in [0, 0.1) is 0 Å². The molecule has 4 heteroatoms. The first kappa shape index (κ1) is 15.3. The monoisotopic (exact) mass is 287 g/mol. The van der Waals surface area contributed by atoms with Crippen molar-refractivity contribution >= 4 is 23.1 Å². The second-order valence-electron chi connectivity index (χ2n) is 5.19. The molecule has 0 radical (unpaired) electrons. The SMILES string of the molecule is CCOC(=O)CC/C(C)=C1/CN(C(C)=O)c2ccccc21. The minimum absolute atomic E-state index is 0.0376. The van der Waals surface area contributed by atoms with Crippen LogP contribution in [0.3, 0.4) is 0 Å². The number of amides is 1. The van der Waals surface area contributed by atoms with E-state index in [0.29, 0.717) is 26.0 Å². The summed E-state index contributed by atoms with van der Waals surface area (Å²) in [6.07, 6.45) is 1.04. The van der Waals surface area contributed by atoms with Crippen LogP contribution in [-0.2, 0) is 14.3 Å². The fourth-order valence-corrected chi connectivity index (χ4v) is 2.61. The largest absolute Gasteiger partial charge is 0.466 e. The summed E-state index contributed by atoms with van der Waals surface area (Å²) >= 11 is 0. The van der Waals surface area contributed by atoms with Gasteiger partial charge in [-0.3, -0.25) is 9.59 Å². The van der Waals surface area contributed by atoms with E-state index < -0.39 is 0 Å². The van der Waals surface area contributed by atoms with Gasteiger partial charge >= 0.3 is 5.97 Å². The molecular weight excluding hydrogens is 266 g/mol. The van der Waals surface area contributed by atoms with Crippen molar-refractivity contribution in [1.29, 1.82) is 0 Å². The van der Waals surface area contributed by atoms with Crippen LogP contribution in [0.2, 0.25) is 0 Å². The molecule has 0 saturated carbocycles. The summed E-state index contributed by atoms with van der Waals surface area (Å²) in [5.41, 5.74) is 4.33. The highest BCUT2D eigenvalue weighted by atomic mass is 16.5. The van der Waals surface area contributed by atoms with Gasteiger partial charge < -0.3 is 9.64 Å². The van der Waals surface area contributed by atoms with E-state index >= 15 is 0 Å². The molecule has 1 aliphatic heterocycles. The van der Waals surface area contributed by atoms with Crippen molar-refractivity contribution in [2.24, 2.45) is 0 Å². The second kappa shape index (κ2) is 6.57. The van der Waals surface area contributed by atoms with Gasteiger partial charge in [0.2, 0.25) is 5.91 Å². The molecule has 2 rings (SSSR count). The number of esters is 1. The van der Waals surface area contributed by atoms with E-state index in [9.17, 15) is 9.59 Å². The maximum absolute atomic E-state index is 11.8. The average Bonchev–Trinajstić information content (AvgIpc) is 2.85. The number of allylic oxidation sites excluding steroid dienone is 1. The zero-order chi connectivity index (χ0) is 15.4. The summed E-state index contributed by atoms with van der Waals surface area (Å²) in [4.78, 5) is 25.0. The quantitative estimate of drug-likeness (QED) is 0.799. The van der Waals surface area contributed by atoms with Crippen LogP contribution in [0.5, 0.6) is 0 Å². The zero-order valence-electron chi connectivity index (χ0n) is 12.8. The Balaban J connectivity index is 2.22. The lowest BCUT2D eigenvalue weighted by molar-refractivity contribution is -0.143. The molecule has 0 fully saturated rings. The molecule has 1 amide bonds. The van der Waals surface area contributed by atoms with E-state index in [2.05, 4.69) is 0 Å². The molecule has 21 heavy (non-hydrogen) atoms. The van der Waals surface area contributed by atoms with Gasteiger partial charge in [0.25, 0.3) is 0 Å². The van der Waals surface area contributed by atoms with E-state index in [1.165, 1.54) is 0 Å². The molecule has 1 aromatic rings. The van der Waals surface area contributed by atoms with Gasteiger partial charge in [-0.2, -0.15) is 0 Å². The first-order chi connectivity index (χ1) is 10.0. The van der Waals surface area contributed by atoms with Crippen molar-refractivity contribution in [1.82, 2.24) is 0 Å². The standard InChI is InChI=1S/C17H21NO3/c1-4-21-17(20)10-9-12(2)15-11-18(13(3)19)16-8-6-5-7-14(15)16/h5-8H,4,9-11H2,1-3H3/b15-12-. The van der Waals surface area contributed by atoms with Gasteiger partial charge in [0.15, 0.2) is 0 Å². The third-order valence-electron chi connectivity index (χ3n) is 3.74. The van der Waals surface area contributed by atoms with Crippen molar-refractivity contribution in [2.45, 2.75) is 33.6 Å². The van der Waals surface area contributed by atoms with Gasteiger partial charge in [-0.1, -0.05) is 23.8 Å². The Bertz CT molecular complexity index is 589. The minimum Gasteiger partial charge on any atom is -0.466 e. The van der Waals surface area contributed by atoms with Crippen molar-refractivity contribution < 1.29 is 14.3 Å². The molecule has 1 aliphatic rings. The van der Waals surface area contributed by atoms with E-state index in [1.54, 1.807) is 18.7 Å². The molecule has 4 nitrogen and oxygen atoms in total. The Labute approximate surface area is 125 Å². The highest BCUT2D eigenvalue weighted by Crippen LogP contribution is 2.37. The van der Waals surface area contributed by atoms with Crippen molar-refractivity contribution in [3.8, 4) is 0 Å². The van der Waals surface area contributed by atoms with Gasteiger partial charge in [-0.05, 0) is 31.9 Å². The third kappa shape index (κ3) is 3.32. The predicted molar refractivity (Wildman–Crippen MR) is 82.9 cm³/mol. The predicted octanol–water partition coefficient (Wildman–Crippen LogP) is 3.17. The summed E-state index contributed by atoms with van der Waals surface area (Å²) in [7, 11) is 0. The number of fused-ring (bicyclic) bond motifs is 1. The van der Waals surface area contributed by atoms with E-state index in [4.69, 9.17) is 4.74 Å². The number of ether oxygens (including phenoxy) is 1. The third-order valence-corrected chi connectivity index (χ3v) is 3.74. The molecule has 0 unspecified atom stereocenters. The number of hydrogen-bond acceptors (Lipinski definition) is 3. The van der Waals surface area contributed by atoms with Crippen LogP contribution in [-0.4, -0.2) is 25.0 Å². The highest BCUT2D eigenvalue weighted by molar-refractivity contribution is 6.02. The number of para-hydroxylation sites is 1. The van der Waals surface area contributed by atoms with Crippen molar-refractivity contribution in [3.05, 3.63) is 35.4 Å². The molecule has 1 aromatic carbocycles. The van der Waals surface area contributed by atoms with Crippen LogP contribution in [0.25, 0.3) is 5.57 Å². The van der Waals surface area contributed by atoms with E-state index in [0.717, 1.165) is 22.4 Å². The van der Waals surface area contributed by atoms with Crippen molar-refractivity contribution in [2.75, 3.05) is 18.1 Å². The Kier molecular flexibility index (Phi) is 4.78. The first-order valence-electron chi connectivity index (χ1n) is 7.26. The lowest BCUT2D eigenvalue weighted by atomic mass is 9.99. The Morgan fingerprint density at radius 3 is 2.57 bits per heavy atom. The number of carbonyl (C=O) groups is 2. The minimum atomic E-state index is -0.174. The van der Waals surface area contributed by atoms with Gasteiger partial charge in [0.05, 0.1) is 18.8 Å². The van der Waals surface area contributed by atoms with Gasteiger partial charge in [-0.15, -0.1) is 0 Å². The average molecular weight is 287 g/mol. The number of anilines is 1. The smallest absolute Gasteiger partial charge is 0.306 e. The maximum Gasteiger partial charge on any atom is 0.306 e. The fourth-order valence-electron chi connectivity index (χ4n) is 2.61. The van der Waals surface area contributed by atoms with Crippen LogP contribution in [0.1, 0.15) is 39.2 Å². The lowest BCUT2D eigenvalue weighted by Crippen LogP contribution is -2.25. The van der Waals surface area contributed by atoms with Crippen molar-refractivity contribution in [3.63, 3.8) is 0 Å². The van der Waals surface area contributed by atoms with E-state index in [1.807, 2.05) is 31.2 Å². The molecule has 0 atom stereocenters. The summed E-state index contributed by atoms with van der Waals surface area (Å²) < 4.78 is 4.96. The summed E-state index contributed by atoms with van der Waals surface area (Å²) in [6, 6.07) is 7.90. The number of hydrogen-bond donors (Lipinski definition) is 0. The molecule has 0 bridgehead atoms. The molecule has 0 aliphatic carbocycles. The fraction of sp³-hybridized carbons (Fsp3) is 0.412. The maximum atomic E-state index is 11.8. The molecular formula is C17H21NO3. The molecule has 0 spiro atoms. The number of benzene rings is 1. The van der Waals surface area contributed by atoms with Gasteiger partial charge in [-0.25, -0.2) is 0 Å². The molecule has 0 aromatic heterocycles. The zero-order valence-corrected chi connectivity index (χ0v) is 12.8. The van der Waals surface area contributed by atoms with Gasteiger partial charge in [0.1, 0.15) is 0 Å². The Hall–Kier alpha value is -2.10. The van der Waals surface area contributed by atoms with Crippen LogP contribution >= 0.6 is 0 Å². The number of nitrogens with zero attached hydrogens (tertiary/aromatic N) is 1. The summed E-state index contributed by atoms with van der Waals surface area (Å²) in [5.74, 6) is -0.136.